The van der Waals surface area contributed by atoms with Crippen LogP contribution in [0.4, 0.5) is 23.7 Å². The second kappa shape index (κ2) is 15.6. The molecule has 5 rings (SSSR count). The van der Waals surface area contributed by atoms with Gasteiger partial charge in [-0.15, -0.1) is 10.2 Å². The van der Waals surface area contributed by atoms with Crippen LogP contribution in [0.2, 0.25) is 0 Å². The number of nitrogens with zero attached hydrogens (tertiary/aromatic N) is 4. The largest absolute Gasteiger partial charge is 0.444 e. The van der Waals surface area contributed by atoms with Gasteiger partial charge in [-0.2, -0.15) is 18.4 Å². The summed E-state index contributed by atoms with van der Waals surface area (Å²) in [7, 11) is 0. The molecular formula is C36H40F3N7O4. The summed E-state index contributed by atoms with van der Waals surface area (Å²) in [5, 5.41) is 19.6. The first-order chi connectivity index (χ1) is 23.7. The number of hydrogen-bond donors (Lipinski definition) is 3. The second-order valence-electron chi connectivity index (χ2n) is 13.6. The zero-order valence-electron chi connectivity index (χ0n) is 28.1. The van der Waals surface area contributed by atoms with Crippen LogP contribution >= 0.6 is 0 Å². The highest BCUT2D eigenvalue weighted by molar-refractivity contribution is 5.96. The van der Waals surface area contributed by atoms with Gasteiger partial charge in [0.2, 0.25) is 11.7 Å². The van der Waals surface area contributed by atoms with Crippen LogP contribution in [-0.2, 0) is 26.9 Å². The van der Waals surface area contributed by atoms with Crippen LogP contribution in [0.1, 0.15) is 64.1 Å². The van der Waals surface area contributed by atoms with Crippen molar-refractivity contribution in [3.8, 4) is 22.5 Å². The SMILES string of the molecule is CC(C)(C)OC(=O)NCC1CCC(C(=O)C[C@@H](Cc2cccc(-c3cccnc3C(F)(F)F)c2)C(=O)Nc2ccc(-c3nn[nH]n3)cc2)CC1. The van der Waals surface area contributed by atoms with Crippen LogP contribution in [0.5, 0.6) is 0 Å². The maximum atomic E-state index is 13.8. The van der Waals surface area contributed by atoms with Crippen LogP contribution in [0.25, 0.3) is 22.5 Å². The van der Waals surface area contributed by atoms with Crippen LogP contribution in [-0.4, -0.2) is 55.5 Å². The molecule has 3 N–H and O–H groups in total. The standard InChI is InChI=1S/C36H40F3N7O4/c1-35(2,3)50-34(49)41-21-22-9-11-24(12-10-22)30(47)20-27(33(48)42-28-15-13-25(14-16-28)32-43-45-46-44-32)19-23-6-4-7-26(18-23)29-8-5-17-40-31(29)36(37,38)39/h4-8,13-18,22,24,27H,9-12,19-21H2,1-3H3,(H,41,49)(H,42,48)(H,43,44,45,46)/t22?,24?,27-/m1/s1. The number of carbonyl (C=O) groups excluding carboxylic acids is 3. The number of aromatic nitrogens is 5. The minimum atomic E-state index is -4.65. The number of nitrogens with one attached hydrogen (secondary N) is 3. The van der Waals surface area contributed by atoms with E-state index in [1.54, 1.807) is 69.3 Å². The molecule has 2 heterocycles. The van der Waals surface area contributed by atoms with Crippen molar-refractivity contribution in [2.75, 3.05) is 11.9 Å². The van der Waals surface area contributed by atoms with Gasteiger partial charge in [0.25, 0.3) is 0 Å². The van der Waals surface area contributed by atoms with Crippen molar-refractivity contribution in [3.63, 3.8) is 0 Å². The van der Waals surface area contributed by atoms with Crippen molar-refractivity contribution in [2.45, 2.75) is 71.1 Å². The van der Waals surface area contributed by atoms with E-state index in [1.807, 2.05) is 0 Å². The Morgan fingerprint density at radius 2 is 1.70 bits per heavy atom. The Hall–Kier alpha value is -5.14. The molecule has 0 saturated heterocycles. The van der Waals surface area contributed by atoms with Crippen molar-refractivity contribution >= 4 is 23.5 Å². The molecule has 11 nitrogen and oxygen atoms in total. The van der Waals surface area contributed by atoms with E-state index < -0.39 is 29.5 Å². The molecule has 0 aliphatic heterocycles. The number of ketones is 1. The van der Waals surface area contributed by atoms with Crippen molar-refractivity contribution in [1.82, 2.24) is 30.9 Å². The molecule has 2 amide bonds. The maximum absolute atomic E-state index is 13.8. The molecule has 1 atom stereocenters. The fourth-order valence-corrected chi connectivity index (χ4v) is 6.14. The van der Waals surface area contributed by atoms with E-state index in [9.17, 15) is 27.6 Å². The predicted octanol–water partition coefficient (Wildman–Crippen LogP) is 7.04. The average molecular weight is 692 g/mol. The molecule has 14 heteroatoms. The molecule has 50 heavy (non-hydrogen) atoms. The lowest BCUT2D eigenvalue weighted by molar-refractivity contribution is -0.140. The molecule has 0 unspecified atom stereocenters. The molecule has 264 valence electrons. The van der Waals surface area contributed by atoms with E-state index in [2.05, 4.69) is 36.2 Å². The van der Waals surface area contributed by atoms with Gasteiger partial charge in [0.05, 0.1) is 0 Å². The van der Waals surface area contributed by atoms with Gasteiger partial charge in [-0.05, 0) is 105 Å². The molecule has 1 fully saturated rings. The summed E-state index contributed by atoms with van der Waals surface area (Å²) < 4.78 is 46.6. The number of tetrazole rings is 1. The monoisotopic (exact) mass is 691 g/mol. The summed E-state index contributed by atoms with van der Waals surface area (Å²) >= 11 is 0. The highest BCUT2D eigenvalue weighted by atomic mass is 19.4. The first-order valence-corrected chi connectivity index (χ1v) is 16.5. The number of carbonyl (C=O) groups is 3. The minimum absolute atomic E-state index is 0.0385. The van der Waals surface area contributed by atoms with E-state index in [1.165, 1.54) is 12.1 Å². The number of halogens is 3. The normalized spacial score (nSPS) is 17.1. The van der Waals surface area contributed by atoms with Crippen molar-refractivity contribution < 1.29 is 32.3 Å². The predicted molar refractivity (Wildman–Crippen MR) is 179 cm³/mol. The highest BCUT2D eigenvalue weighted by Gasteiger charge is 2.36. The number of ether oxygens (including phenoxy) is 1. The van der Waals surface area contributed by atoms with Gasteiger partial charge in [-0.1, -0.05) is 30.3 Å². The van der Waals surface area contributed by atoms with Crippen LogP contribution in [0.3, 0.4) is 0 Å². The van der Waals surface area contributed by atoms with Crippen molar-refractivity contribution in [2.24, 2.45) is 17.8 Å². The number of alkyl carbamates (subject to hydrolysis) is 1. The summed E-state index contributed by atoms with van der Waals surface area (Å²) in [6.45, 7) is 5.85. The Morgan fingerprint density at radius 3 is 2.36 bits per heavy atom. The molecule has 0 spiro atoms. The quantitative estimate of drug-likeness (QED) is 0.152. The fraction of sp³-hybridized carbons (Fsp3) is 0.417. The summed E-state index contributed by atoms with van der Waals surface area (Å²) in [6.07, 6.45) is -1.20. The highest BCUT2D eigenvalue weighted by Crippen LogP contribution is 2.36. The third-order valence-corrected chi connectivity index (χ3v) is 8.61. The number of pyridine rings is 1. The number of H-pyrrole nitrogens is 1. The van der Waals surface area contributed by atoms with Gasteiger partial charge >= 0.3 is 12.3 Å². The lowest BCUT2D eigenvalue weighted by Gasteiger charge is -2.29. The van der Waals surface area contributed by atoms with Crippen molar-refractivity contribution in [3.05, 3.63) is 78.1 Å². The van der Waals surface area contributed by atoms with Gasteiger partial charge in [0.1, 0.15) is 11.4 Å². The van der Waals surface area contributed by atoms with E-state index in [-0.39, 0.29) is 41.9 Å². The second-order valence-corrected chi connectivity index (χ2v) is 13.6. The Bertz CT molecular complexity index is 1770. The smallest absolute Gasteiger partial charge is 0.433 e. The Kier molecular flexibility index (Phi) is 11.3. The van der Waals surface area contributed by atoms with Gasteiger partial charge in [0.15, 0.2) is 5.69 Å². The fourth-order valence-electron chi connectivity index (χ4n) is 6.14. The van der Waals surface area contributed by atoms with Gasteiger partial charge in [0, 0.05) is 47.8 Å². The summed E-state index contributed by atoms with van der Waals surface area (Å²) in [4.78, 5) is 43.1. The van der Waals surface area contributed by atoms with Crippen LogP contribution < -0.4 is 10.6 Å². The van der Waals surface area contributed by atoms with Gasteiger partial charge in [-0.25, -0.2) is 4.79 Å². The Balaban J connectivity index is 1.29. The topological polar surface area (TPSA) is 152 Å². The zero-order chi connectivity index (χ0) is 35.9. The van der Waals surface area contributed by atoms with Gasteiger partial charge < -0.3 is 15.4 Å². The third-order valence-electron chi connectivity index (χ3n) is 8.61. The average Bonchev–Trinajstić information content (AvgIpc) is 3.62. The summed E-state index contributed by atoms with van der Waals surface area (Å²) in [5.41, 5.74) is 0.436. The Morgan fingerprint density at radius 1 is 0.960 bits per heavy atom. The summed E-state index contributed by atoms with van der Waals surface area (Å²) in [6, 6.07) is 16.2. The molecular weight excluding hydrogens is 651 g/mol. The first-order valence-electron chi connectivity index (χ1n) is 16.5. The van der Waals surface area contributed by atoms with Crippen LogP contribution in [0, 0.1) is 17.8 Å². The van der Waals surface area contributed by atoms with Crippen LogP contribution in [0.15, 0.2) is 66.9 Å². The number of benzene rings is 2. The maximum Gasteiger partial charge on any atom is 0.433 e. The van der Waals surface area contributed by atoms with E-state index in [0.29, 0.717) is 47.6 Å². The minimum Gasteiger partial charge on any atom is -0.444 e. The van der Waals surface area contributed by atoms with E-state index in [4.69, 9.17) is 4.74 Å². The van der Waals surface area contributed by atoms with E-state index >= 15 is 0 Å². The van der Waals surface area contributed by atoms with E-state index in [0.717, 1.165) is 19.0 Å². The molecule has 1 aliphatic rings. The summed E-state index contributed by atoms with van der Waals surface area (Å²) in [5.74, 6) is -0.866. The first kappa shape index (κ1) is 36.1. The molecule has 0 radical (unpaired) electrons. The number of Topliss-reactive ketones (excluding diaryl/α,β-unsaturated/α-hetero) is 1. The lowest BCUT2D eigenvalue weighted by atomic mass is 9.77. The Labute approximate surface area is 287 Å². The number of rotatable bonds is 11. The number of amides is 2. The molecule has 1 saturated carbocycles. The number of hydrogen-bond acceptors (Lipinski definition) is 8. The number of anilines is 1. The third kappa shape index (κ3) is 9.95. The number of aromatic amines is 1. The zero-order valence-corrected chi connectivity index (χ0v) is 28.1. The molecule has 2 aromatic carbocycles. The number of alkyl halides is 3. The van der Waals surface area contributed by atoms with Gasteiger partial charge in [-0.3, -0.25) is 14.6 Å². The molecule has 1 aliphatic carbocycles. The lowest BCUT2D eigenvalue weighted by Crippen LogP contribution is -2.37. The molecule has 4 aromatic rings. The molecule has 0 bridgehead atoms. The molecule has 2 aromatic heterocycles. The van der Waals surface area contributed by atoms with Crippen molar-refractivity contribution in [1.29, 1.82) is 0 Å².